The number of rotatable bonds is 2. The number of aromatic nitrogens is 2. The Balaban J connectivity index is 1.95. The Morgan fingerprint density at radius 1 is 1.09 bits per heavy atom. The van der Waals surface area contributed by atoms with Crippen molar-refractivity contribution >= 4 is 12.6 Å². The molecule has 2 heterocycles. The smallest absolute Gasteiger partial charge is 0.399 e. The Morgan fingerprint density at radius 3 is 2.27 bits per heavy atom. The van der Waals surface area contributed by atoms with Gasteiger partial charge >= 0.3 is 7.12 Å². The summed E-state index contributed by atoms with van der Waals surface area (Å²) in [6.45, 7) is 10.3. The molecule has 4 nitrogen and oxygen atoms in total. The van der Waals surface area contributed by atoms with Crippen molar-refractivity contribution in [1.82, 2.24) is 9.55 Å². The van der Waals surface area contributed by atoms with Gasteiger partial charge in [0, 0.05) is 18.8 Å². The van der Waals surface area contributed by atoms with Crippen LogP contribution in [0.3, 0.4) is 0 Å². The summed E-state index contributed by atoms with van der Waals surface area (Å²) >= 11 is 0. The summed E-state index contributed by atoms with van der Waals surface area (Å²) in [5.41, 5.74) is 2.46. The van der Waals surface area contributed by atoms with E-state index in [1.165, 1.54) is 0 Å². The molecule has 2 aromatic rings. The van der Waals surface area contributed by atoms with Crippen molar-refractivity contribution in [3.05, 3.63) is 36.2 Å². The molecule has 1 aliphatic heterocycles. The van der Waals surface area contributed by atoms with Crippen molar-refractivity contribution < 1.29 is 9.31 Å². The van der Waals surface area contributed by atoms with Gasteiger partial charge in [0.1, 0.15) is 5.82 Å². The van der Waals surface area contributed by atoms with Crippen molar-refractivity contribution in [3.63, 3.8) is 0 Å². The molecule has 3 rings (SSSR count). The Bertz CT molecular complexity index is 690. The number of benzene rings is 1. The van der Waals surface area contributed by atoms with Crippen molar-refractivity contribution in [2.75, 3.05) is 0 Å². The van der Waals surface area contributed by atoms with E-state index in [9.17, 15) is 0 Å². The van der Waals surface area contributed by atoms with Gasteiger partial charge in [0.25, 0.3) is 0 Å². The lowest BCUT2D eigenvalue weighted by atomic mass is 9.78. The molecule has 0 atom stereocenters. The van der Waals surface area contributed by atoms with Gasteiger partial charge in [-0.1, -0.05) is 24.3 Å². The number of nitrogens with zero attached hydrogens (tertiary/aromatic N) is 2. The fourth-order valence-electron chi connectivity index (χ4n) is 2.69. The minimum absolute atomic E-state index is 0.326. The van der Waals surface area contributed by atoms with Gasteiger partial charge in [-0.25, -0.2) is 4.98 Å². The summed E-state index contributed by atoms with van der Waals surface area (Å²) in [5, 5.41) is 0. The second kappa shape index (κ2) is 4.96. The third-order valence-corrected chi connectivity index (χ3v) is 4.67. The maximum Gasteiger partial charge on any atom is 0.494 e. The average Bonchev–Trinajstić information content (AvgIpc) is 2.86. The molecule has 0 aliphatic carbocycles. The first kappa shape index (κ1) is 15.3. The molecule has 0 unspecified atom stereocenters. The van der Waals surface area contributed by atoms with Crippen LogP contribution in [0.15, 0.2) is 30.5 Å². The first-order valence-electron chi connectivity index (χ1n) is 7.65. The SMILES string of the molecule is Cc1cn(C)c(-c2cccc(B3OC(C)(C)C(C)(C)O3)c2)n1. The van der Waals surface area contributed by atoms with Gasteiger partial charge in [0.05, 0.1) is 16.9 Å². The summed E-state index contributed by atoms with van der Waals surface area (Å²) in [5.74, 6) is 0.955. The third-order valence-electron chi connectivity index (χ3n) is 4.67. The van der Waals surface area contributed by atoms with Crippen LogP contribution in [0.4, 0.5) is 0 Å². The van der Waals surface area contributed by atoms with Crippen LogP contribution in [-0.2, 0) is 16.4 Å². The Kier molecular flexibility index (Phi) is 3.46. The monoisotopic (exact) mass is 298 g/mol. The molecule has 0 bridgehead atoms. The van der Waals surface area contributed by atoms with E-state index in [-0.39, 0.29) is 18.3 Å². The molecular formula is C17H23BN2O2. The summed E-state index contributed by atoms with van der Waals surface area (Å²) in [6, 6.07) is 8.24. The zero-order valence-corrected chi connectivity index (χ0v) is 14.2. The molecule has 0 spiro atoms. The number of hydrogen-bond acceptors (Lipinski definition) is 3. The highest BCUT2D eigenvalue weighted by atomic mass is 16.7. The van der Waals surface area contributed by atoms with Crippen LogP contribution < -0.4 is 5.46 Å². The van der Waals surface area contributed by atoms with Crippen LogP contribution >= 0.6 is 0 Å². The fourth-order valence-corrected chi connectivity index (χ4v) is 2.69. The van der Waals surface area contributed by atoms with E-state index in [4.69, 9.17) is 9.31 Å². The van der Waals surface area contributed by atoms with E-state index in [1.807, 2.05) is 36.9 Å². The lowest BCUT2D eigenvalue weighted by molar-refractivity contribution is 0.00578. The number of hydrogen-bond donors (Lipinski definition) is 0. The van der Waals surface area contributed by atoms with Crippen molar-refractivity contribution in [2.45, 2.75) is 45.8 Å². The zero-order valence-electron chi connectivity index (χ0n) is 14.2. The molecule has 0 amide bonds. The van der Waals surface area contributed by atoms with E-state index in [0.717, 1.165) is 22.5 Å². The topological polar surface area (TPSA) is 36.3 Å². The van der Waals surface area contributed by atoms with Crippen LogP contribution in [-0.4, -0.2) is 27.9 Å². The molecule has 0 saturated carbocycles. The van der Waals surface area contributed by atoms with Gasteiger partial charge < -0.3 is 13.9 Å². The third kappa shape index (κ3) is 2.48. The molecule has 1 aromatic carbocycles. The molecule has 5 heteroatoms. The minimum atomic E-state index is -0.341. The fraction of sp³-hybridized carbons (Fsp3) is 0.471. The molecule has 116 valence electrons. The van der Waals surface area contributed by atoms with Gasteiger partial charge in [-0.15, -0.1) is 0 Å². The van der Waals surface area contributed by atoms with Gasteiger partial charge in [-0.2, -0.15) is 0 Å². The molecule has 1 saturated heterocycles. The van der Waals surface area contributed by atoms with Crippen LogP contribution in [0, 0.1) is 6.92 Å². The summed E-state index contributed by atoms with van der Waals surface area (Å²) in [6.07, 6.45) is 2.02. The normalized spacial score (nSPS) is 19.6. The van der Waals surface area contributed by atoms with Crippen molar-refractivity contribution in [2.24, 2.45) is 7.05 Å². The lowest BCUT2D eigenvalue weighted by Crippen LogP contribution is -2.41. The maximum atomic E-state index is 6.13. The van der Waals surface area contributed by atoms with Crippen LogP contribution in [0.5, 0.6) is 0 Å². The zero-order chi connectivity index (χ0) is 16.1. The van der Waals surface area contributed by atoms with Gasteiger partial charge in [-0.05, 0) is 40.1 Å². The largest absolute Gasteiger partial charge is 0.494 e. The van der Waals surface area contributed by atoms with Gasteiger partial charge in [0.2, 0.25) is 0 Å². The molecular weight excluding hydrogens is 275 g/mol. The summed E-state index contributed by atoms with van der Waals surface area (Å²) in [7, 11) is 1.67. The molecule has 1 aliphatic rings. The predicted molar refractivity (Wildman–Crippen MR) is 89.1 cm³/mol. The van der Waals surface area contributed by atoms with E-state index in [0.29, 0.717) is 0 Å². The highest BCUT2D eigenvalue weighted by Crippen LogP contribution is 2.36. The lowest BCUT2D eigenvalue weighted by Gasteiger charge is -2.32. The van der Waals surface area contributed by atoms with Gasteiger partial charge in [0.15, 0.2) is 0 Å². The van der Waals surface area contributed by atoms with Crippen molar-refractivity contribution in [3.8, 4) is 11.4 Å². The first-order valence-corrected chi connectivity index (χ1v) is 7.65. The molecule has 22 heavy (non-hydrogen) atoms. The molecule has 1 fully saturated rings. The number of aryl methyl sites for hydroxylation is 2. The van der Waals surface area contributed by atoms with E-state index >= 15 is 0 Å². The van der Waals surface area contributed by atoms with Crippen LogP contribution in [0.25, 0.3) is 11.4 Å². The second-order valence-corrected chi connectivity index (χ2v) is 7.03. The van der Waals surface area contributed by atoms with Gasteiger partial charge in [-0.3, -0.25) is 0 Å². The molecule has 1 aromatic heterocycles. The highest BCUT2D eigenvalue weighted by Gasteiger charge is 2.51. The molecule has 0 N–H and O–H groups in total. The maximum absolute atomic E-state index is 6.13. The van der Waals surface area contributed by atoms with E-state index in [2.05, 4.69) is 44.8 Å². The standard InChI is InChI=1S/C17H23BN2O2/c1-12-11-20(6)15(19-12)13-8-7-9-14(10-13)18-21-16(2,3)17(4,5)22-18/h7-11H,1-6H3. The molecule has 0 radical (unpaired) electrons. The quantitative estimate of drug-likeness (QED) is 0.800. The first-order chi connectivity index (χ1) is 10.2. The van der Waals surface area contributed by atoms with E-state index in [1.54, 1.807) is 0 Å². The van der Waals surface area contributed by atoms with Crippen molar-refractivity contribution in [1.29, 1.82) is 0 Å². The summed E-state index contributed by atoms with van der Waals surface area (Å²) < 4.78 is 14.3. The minimum Gasteiger partial charge on any atom is -0.399 e. The van der Waals surface area contributed by atoms with Crippen LogP contribution in [0.2, 0.25) is 0 Å². The van der Waals surface area contributed by atoms with Crippen LogP contribution in [0.1, 0.15) is 33.4 Å². The Hall–Kier alpha value is -1.59. The Morgan fingerprint density at radius 2 is 1.73 bits per heavy atom. The second-order valence-electron chi connectivity index (χ2n) is 7.03. The van der Waals surface area contributed by atoms with E-state index < -0.39 is 0 Å². The highest BCUT2D eigenvalue weighted by molar-refractivity contribution is 6.62. The average molecular weight is 298 g/mol. The Labute approximate surface area is 132 Å². The summed E-state index contributed by atoms with van der Waals surface area (Å²) in [4.78, 5) is 4.59. The predicted octanol–water partition coefficient (Wildman–Crippen LogP) is 2.69. The number of imidazole rings is 1.